The fraction of sp³-hybridized carbons (Fsp3) is 0.474. The van der Waals surface area contributed by atoms with Gasteiger partial charge in [-0.3, -0.25) is 9.59 Å². The lowest BCUT2D eigenvalue weighted by molar-refractivity contribution is -0.147. The maximum absolute atomic E-state index is 12.0. The van der Waals surface area contributed by atoms with Crippen LogP contribution in [0.1, 0.15) is 50.7 Å². The molecule has 0 spiro atoms. The highest BCUT2D eigenvalue weighted by atomic mass is 35.5. The molecule has 134 valence electrons. The number of hydrogen-bond acceptors (Lipinski definition) is 4. The average Bonchev–Trinajstić information content (AvgIpc) is 2.86. The molecule has 2 aliphatic carbocycles. The first-order valence-corrected chi connectivity index (χ1v) is 9.16. The van der Waals surface area contributed by atoms with Gasteiger partial charge in [-0.1, -0.05) is 36.5 Å². The fourth-order valence-corrected chi connectivity index (χ4v) is 4.48. The lowest BCUT2D eigenvalue weighted by atomic mass is 9.70. The molecule has 0 radical (unpaired) electrons. The van der Waals surface area contributed by atoms with Gasteiger partial charge in [0, 0.05) is 24.3 Å². The minimum Gasteiger partial charge on any atom is -0.456 e. The van der Waals surface area contributed by atoms with Crippen LogP contribution >= 0.6 is 23.2 Å². The summed E-state index contributed by atoms with van der Waals surface area (Å²) >= 11 is 12.9. The van der Waals surface area contributed by atoms with E-state index in [0.717, 1.165) is 42.4 Å². The number of esters is 1. The Hall–Kier alpha value is -1.52. The van der Waals surface area contributed by atoms with E-state index in [-0.39, 0.29) is 23.0 Å². The smallest absolute Gasteiger partial charge is 0.305 e. The summed E-state index contributed by atoms with van der Waals surface area (Å²) in [5, 5.41) is 0.676. The van der Waals surface area contributed by atoms with Gasteiger partial charge in [-0.2, -0.15) is 0 Å². The highest BCUT2D eigenvalue weighted by Crippen LogP contribution is 2.58. The molecule has 6 heteroatoms. The molecular formula is C19H20Cl2O4. The van der Waals surface area contributed by atoms with E-state index >= 15 is 0 Å². The number of allylic oxidation sites excluding steroid dienone is 2. The van der Waals surface area contributed by atoms with Crippen molar-refractivity contribution in [3.63, 3.8) is 0 Å². The zero-order valence-electron chi connectivity index (χ0n) is 14.3. The highest BCUT2D eigenvalue weighted by molar-refractivity contribution is 6.44. The summed E-state index contributed by atoms with van der Waals surface area (Å²) < 4.78 is 10.3. The Labute approximate surface area is 157 Å². The molecule has 1 unspecified atom stereocenters. The van der Waals surface area contributed by atoms with Crippen molar-refractivity contribution in [3.05, 3.63) is 33.3 Å². The Bertz CT molecular complexity index is 769. The van der Waals surface area contributed by atoms with E-state index in [1.54, 1.807) is 6.08 Å². The Morgan fingerprint density at radius 3 is 2.76 bits per heavy atom. The monoisotopic (exact) mass is 382 g/mol. The molecule has 0 saturated heterocycles. The third-order valence-electron chi connectivity index (χ3n) is 4.98. The van der Waals surface area contributed by atoms with Gasteiger partial charge in [-0.15, -0.1) is 0 Å². The summed E-state index contributed by atoms with van der Waals surface area (Å²) in [5.41, 5.74) is 2.86. The second kappa shape index (κ2) is 7.00. The van der Waals surface area contributed by atoms with Crippen molar-refractivity contribution in [1.29, 1.82) is 0 Å². The zero-order chi connectivity index (χ0) is 18.2. The second-order valence-corrected chi connectivity index (χ2v) is 7.42. The summed E-state index contributed by atoms with van der Waals surface area (Å²) in [6.07, 6.45) is 5.98. The number of benzene rings is 1. The number of fused-ring (bicyclic) bond motifs is 3. The van der Waals surface area contributed by atoms with Crippen LogP contribution in [-0.2, 0) is 20.7 Å². The third-order valence-corrected chi connectivity index (χ3v) is 5.83. The molecule has 0 amide bonds. The minimum absolute atomic E-state index is 0.0491. The quantitative estimate of drug-likeness (QED) is 0.532. The van der Waals surface area contributed by atoms with Gasteiger partial charge >= 0.3 is 5.97 Å². The topological polar surface area (TPSA) is 52.6 Å². The SMILES string of the molecule is CCCC12CCC(=O)C=C1c1c(cc(OCOC(C)=O)c(Cl)c1Cl)C2. The lowest BCUT2D eigenvalue weighted by Crippen LogP contribution is -2.25. The molecule has 1 aromatic carbocycles. The van der Waals surface area contributed by atoms with Crippen molar-refractivity contribution < 1.29 is 19.1 Å². The largest absolute Gasteiger partial charge is 0.456 e. The molecule has 3 rings (SSSR count). The van der Waals surface area contributed by atoms with E-state index < -0.39 is 5.97 Å². The molecule has 1 atom stereocenters. The van der Waals surface area contributed by atoms with Crippen LogP contribution in [0.15, 0.2) is 12.1 Å². The van der Waals surface area contributed by atoms with Crippen molar-refractivity contribution in [2.75, 3.05) is 6.79 Å². The van der Waals surface area contributed by atoms with Crippen LogP contribution < -0.4 is 4.74 Å². The number of carbonyl (C=O) groups is 2. The van der Waals surface area contributed by atoms with E-state index in [9.17, 15) is 9.59 Å². The molecule has 0 fully saturated rings. The van der Waals surface area contributed by atoms with Gasteiger partial charge in [0.15, 0.2) is 5.78 Å². The maximum Gasteiger partial charge on any atom is 0.305 e. The van der Waals surface area contributed by atoms with Gasteiger partial charge in [0.2, 0.25) is 6.79 Å². The summed E-state index contributed by atoms with van der Waals surface area (Å²) in [4.78, 5) is 22.9. The average molecular weight is 383 g/mol. The molecule has 0 aliphatic heterocycles. The van der Waals surface area contributed by atoms with Crippen LogP contribution in [0.4, 0.5) is 0 Å². The first kappa shape index (κ1) is 18.3. The molecule has 0 bridgehead atoms. The molecule has 0 saturated carbocycles. The van der Waals surface area contributed by atoms with E-state index in [1.807, 2.05) is 6.07 Å². The number of ether oxygens (including phenoxy) is 2. The maximum atomic E-state index is 12.0. The standard InChI is InChI=1S/C19H20Cl2O4/c1-3-5-19-6-4-13(23)8-14(19)16-12(9-19)7-15(17(20)18(16)21)25-10-24-11(2)22/h7-8H,3-6,9-10H2,1-2H3. The lowest BCUT2D eigenvalue weighted by Gasteiger charge is -2.33. The number of halogens is 2. The van der Waals surface area contributed by atoms with Gasteiger partial charge in [-0.05, 0) is 42.5 Å². The van der Waals surface area contributed by atoms with Crippen LogP contribution in [0.5, 0.6) is 5.75 Å². The summed E-state index contributed by atoms with van der Waals surface area (Å²) in [6, 6.07) is 1.86. The molecule has 25 heavy (non-hydrogen) atoms. The van der Waals surface area contributed by atoms with Crippen LogP contribution in [0.25, 0.3) is 5.57 Å². The molecule has 4 nitrogen and oxygen atoms in total. The molecular weight excluding hydrogens is 363 g/mol. The molecule has 1 aromatic rings. The Kier molecular flexibility index (Phi) is 5.12. The minimum atomic E-state index is -0.431. The summed E-state index contributed by atoms with van der Waals surface area (Å²) in [7, 11) is 0. The van der Waals surface area contributed by atoms with E-state index in [2.05, 4.69) is 6.92 Å². The van der Waals surface area contributed by atoms with Crippen molar-refractivity contribution in [2.45, 2.75) is 46.0 Å². The molecule has 2 aliphatic rings. The van der Waals surface area contributed by atoms with E-state index in [1.165, 1.54) is 6.92 Å². The van der Waals surface area contributed by atoms with Crippen molar-refractivity contribution in [1.82, 2.24) is 0 Å². The van der Waals surface area contributed by atoms with Gasteiger partial charge in [0.25, 0.3) is 0 Å². The van der Waals surface area contributed by atoms with Gasteiger partial charge in [0.1, 0.15) is 10.8 Å². The summed E-state index contributed by atoms with van der Waals surface area (Å²) in [6.45, 7) is 3.24. The first-order chi connectivity index (χ1) is 11.9. The Morgan fingerprint density at radius 1 is 1.32 bits per heavy atom. The van der Waals surface area contributed by atoms with Gasteiger partial charge in [-0.25, -0.2) is 0 Å². The predicted octanol–water partition coefficient (Wildman–Crippen LogP) is 4.98. The van der Waals surface area contributed by atoms with E-state index in [0.29, 0.717) is 17.2 Å². The zero-order valence-corrected chi connectivity index (χ0v) is 15.8. The molecule has 0 N–H and O–H groups in total. The number of ketones is 1. The van der Waals surface area contributed by atoms with Crippen LogP contribution in [0.2, 0.25) is 10.0 Å². The highest BCUT2D eigenvalue weighted by Gasteiger charge is 2.45. The molecule has 0 aromatic heterocycles. The molecule has 0 heterocycles. The predicted molar refractivity (Wildman–Crippen MR) is 97.0 cm³/mol. The van der Waals surface area contributed by atoms with Gasteiger partial charge < -0.3 is 9.47 Å². The Morgan fingerprint density at radius 2 is 2.08 bits per heavy atom. The number of carbonyl (C=O) groups excluding carboxylic acids is 2. The normalized spacial score (nSPS) is 21.4. The van der Waals surface area contributed by atoms with Crippen molar-refractivity contribution in [2.24, 2.45) is 5.41 Å². The first-order valence-electron chi connectivity index (χ1n) is 8.40. The van der Waals surface area contributed by atoms with Crippen molar-refractivity contribution >= 4 is 40.5 Å². The van der Waals surface area contributed by atoms with Gasteiger partial charge in [0.05, 0.1) is 5.02 Å². The van der Waals surface area contributed by atoms with Crippen LogP contribution in [0, 0.1) is 5.41 Å². The number of rotatable bonds is 5. The second-order valence-electron chi connectivity index (χ2n) is 6.67. The number of hydrogen-bond donors (Lipinski definition) is 0. The fourth-order valence-electron chi connectivity index (χ4n) is 3.96. The third kappa shape index (κ3) is 3.30. The summed E-state index contributed by atoms with van der Waals surface area (Å²) in [5.74, 6) is 0.0980. The van der Waals surface area contributed by atoms with Crippen molar-refractivity contribution in [3.8, 4) is 5.75 Å². The van der Waals surface area contributed by atoms with Crippen LogP contribution in [0.3, 0.4) is 0 Å². The Balaban J connectivity index is 2.01. The van der Waals surface area contributed by atoms with Crippen LogP contribution in [-0.4, -0.2) is 18.5 Å². The van der Waals surface area contributed by atoms with E-state index in [4.69, 9.17) is 32.7 Å².